The predicted octanol–water partition coefficient (Wildman–Crippen LogP) is 1.49. The molecule has 0 fully saturated rings. The van der Waals surface area contributed by atoms with Gasteiger partial charge in [-0.15, -0.1) is 11.3 Å². The number of aromatic nitrogens is 1. The summed E-state index contributed by atoms with van der Waals surface area (Å²) in [7, 11) is 0. The van der Waals surface area contributed by atoms with E-state index in [0.29, 0.717) is 30.3 Å². The van der Waals surface area contributed by atoms with Gasteiger partial charge in [0.15, 0.2) is 0 Å². The summed E-state index contributed by atoms with van der Waals surface area (Å²) >= 11 is 1.28. The number of rotatable bonds is 6. The molecule has 0 bridgehead atoms. The summed E-state index contributed by atoms with van der Waals surface area (Å²) in [5, 5.41) is 0.743. The Morgan fingerprint density at radius 1 is 1.59 bits per heavy atom. The van der Waals surface area contributed by atoms with Crippen LogP contribution in [-0.4, -0.2) is 30.3 Å². The van der Waals surface area contributed by atoms with E-state index in [1.54, 1.807) is 13.8 Å². The summed E-state index contributed by atoms with van der Waals surface area (Å²) in [6.45, 7) is 6.83. The molecular weight excluding hydrogens is 240 g/mol. The predicted molar refractivity (Wildman–Crippen MR) is 66.1 cm³/mol. The van der Waals surface area contributed by atoms with E-state index in [0.717, 1.165) is 5.01 Å². The first kappa shape index (κ1) is 14.1. The minimum atomic E-state index is -0.355. The van der Waals surface area contributed by atoms with Crippen molar-refractivity contribution < 1.29 is 14.3 Å². The standard InChI is InChI=1S/C11H18N2O3S/c1-4-15-6-7(2)16-11(14)10-8(3)13-9(5-12)17-10/h7H,4-6,12H2,1-3H3. The van der Waals surface area contributed by atoms with Crippen LogP contribution in [0.15, 0.2) is 0 Å². The van der Waals surface area contributed by atoms with Gasteiger partial charge in [0.1, 0.15) is 16.0 Å². The van der Waals surface area contributed by atoms with Gasteiger partial charge in [-0.25, -0.2) is 9.78 Å². The lowest BCUT2D eigenvalue weighted by atomic mass is 10.4. The van der Waals surface area contributed by atoms with E-state index in [9.17, 15) is 4.79 Å². The van der Waals surface area contributed by atoms with Crippen LogP contribution in [0.2, 0.25) is 0 Å². The van der Waals surface area contributed by atoms with Crippen molar-refractivity contribution in [3.05, 3.63) is 15.6 Å². The summed E-state index contributed by atoms with van der Waals surface area (Å²) in [6, 6.07) is 0. The number of aryl methyl sites for hydroxylation is 1. The molecule has 1 heterocycles. The van der Waals surface area contributed by atoms with Crippen LogP contribution in [0.4, 0.5) is 0 Å². The Morgan fingerprint density at radius 3 is 2.82 bits per heavy atom. The topological polar surface area (TPSA) is 74.4 Å². The molecule has 0 aliphatic heterocycles. The van der Waals surface area contributed by atoms with E-state index in [2.05, 4.69) is 4.98 Å². The fourth-order valence-electron chi connectivity index (χ4n) is 1.28. The highest BCUT2D eigenvalue weighted by atomic mass is 32.1. The van der Waals surface area contributed by atoms with Crippen molar-refractivity contribution in [3.63, 3.8) is 0 Å². The molecule has 0 radical (unpaired) electrons. The Bertz CT molecular complexity index is 379. The molecule has 5 nitrogen and oxygen atoms in total. The molecule has 0 aromatic carbocycles. The van der Waals surface area contributed by atoms with E-state index in [4.69, 9.17) is 15.2 Å². The number of ether oxygens (including phenoxy) is 2. The molecule has 0 saturated carbocycles. The minimum Gasteiger partial charge on any atom is -0.456 e. The molecule has 0 aliphatic rings. The van der Waals surface area contributed by atoms with Gasteiger partial charge < -0.3 is 15.2 Å². The molecule has 6 heteroatoms. The van der Waals surface area contributed by atoms with Crippen molar-refractivity contribution in [1.29, 1.82) is 0 Å². The lowest BCUT2D eigenvalue weighted by molar-refractivity contribution is 0.00476. The van der Waals surface area contributed by atoms with Crippen LogP contribution >= 0.6 is 11.3 Å². The highest BCUT2D eigenvalue weighted by molar-refractivity contribution is 7.13. The Balaban J connectivity index is 2.59. The molecule has 0 aliphatic carbocycles. The molecule has 1 atom stereocenters. The van der Waals surface area contributed by atoms with Gasteiger partial charge in [0.25, 0.3) is 0 Å². The summed E-state index contributed by atoms with van der Waals surface area (Å²) < 4.78 is 10.4. The molecular formula is C11H18N2O3S. The zero-order valence-corrected chi connectivity index (χ0v) is 11.2. The van der Waals surface area contributed by atoms with Crippen LogP contribution in [0.25, 0.3) is 0 Å². The van der Waals surface area contributed by atoms with Crippen LogP contribution in [0, 0.1) is 6.92 Å². The number of esters is 1. The summed E-state index contributed by atoms with van der Waals surface area (Å²) in [4.78, 5) is 16.5. The number of carbonyl (C=O) groups excluding carboxylic acids is 1. The van der Waals surface area contributed by atoms with Gasteiger partial charge in [-0.05, 0) is 20.8 Å². The third-order valence-corrected chi connectivity index (χ3v) is 3.23. The van der Waals surface area contributed by atoms with Crippen LogP contribution < -0.4 is 5.73 Å². The monoisotopic (exact) mass is 258 g/mol. The Kier molecular flexibility index (Phi) is 5.54. The largest absolute Gasteiger partial charge is 0.456 e. The summed E-state index contributed by atoms with van der Waals surface area (Å²) in [6.07, 6.45) is -0.259. The molecule has 0 saturated heterocycles. The van der Waals surface area contributed by atoms with Crippen molar-refractivity contribution in [2.45, 2.75) is 33.4 Å². The van der Waals surface area contributed by atoms with Crippen LogP contribution in [-0.2, 0) is 16.0 Å². The second-order valence-corrected chi connectivity index (χ2v) is 4.69. The molecule has 1 rings (SSSR count). The molecule has 2 N–H and O–H groups in total. The number of carbonyl (C=O) groups is 1. The van der Waals surface area contributed by atoms with Gasteiger partial charge in [0.05, 0.1) is 12.3 Å². The molecule has 96 valence electrons. The Morgan fingerprint density at radius 2 is 2.29 bits per heavy atom. The third kappa shape index (κ3) is 4.07. The third-order valence-electron chi connectivity index (χ3n) is 2.07. The van der Waals surface area contributed by atoms with Gasteiger partial charge in [-0.2, -0.15) is 0 Å². The summed E-state index contributed by atoms with van der Waals surface area (Å²) in [5.41, 5.74) is 6.15. The molecule has 0 spiro atoms. The number of hydrogen-bond donors (Lipinski definition) is 1. The first-order valence-electron chi connectivity index (χ1n) is 5.53. The van der Waals surface area contributed by atoms with Crippen molar-refractivity contribution in [2.24, 2.45) is 5.73 Å². The summed E-state index contributed by atoms with van der Waals surface area (Å²) in [5.74, 6) is -0.355. The molecule has 17 heavy (non-hydrogen) atoms. The lowest BCUT2D eigenvalue weighted by Gasteiger charge is -2.12. The zero-order valence-electron chi connectivity index (χ0n) is 10.4. The van der Waals surface area contributed by atoms with E-state index in [-0.39, 0.29) is 12.1 Å². The van der Waals surface area contributed by atoms with Gasteiger partial charge in [-0.1, -0.05) is 0 Å². The fraction of sp³-hybridized carbons (Fsp3) is 0.636. The second-order valence-electron chi connectivity index (χ2n) is 3.60. The van der Waals surface area contributed by atoms with E-state index >= 15 is 0 Å². The Hall–Kier alpha value is -0.980. The van der Waals surface area contributed by atoms with Crippen LogP contribution in [0.1, 0.15) is 34.2 Å². The Labute approximate surface area is 105 Å². The van der Waals surface area contributed by atoms with Crippen molar-refractivity contribution >= 4 is 17.3 Å². The molecule has 1 aromatic heterocycles. The molecule has 0 amide bonds. The van der Waals surface area contributed by atoms with Crippen molar-refractivity contribution in [2.75, 3.05) is 13.2 Å². The van der Waals surface area contributed by atoms with Crippen LogP contribution in [0.5, 0.6) is 0 Å². The molecule has 1 aromatic rings. The molecule has 1 unspecified atom stereocenters. The van der Waals surface area contributed by atoms with Crippen LogP contribution in [0.3, 0.4) is 0 Å². The van der Waals surface area contributed by atoms with E-state index < -0.39 is 0 Å². The highest BCUT2D eigenvalue weighted by Crippen LogP contribution is 2.19. The lowest BCUT2D eigenvalue weighted by Crippen LogP contribution is -2.20. The fourth-order valence-corrected chi connectivity index (χ4v) is 2.11. The van der Waals surface area contributed by atoms with E-state index in [1.807, 2.05) is 6.92 Å². The van der Waals surface area contributed by atoms with Crippen molar-refractivity contribution in [3.8, 4) is 0 Å². The normalized spacial score (nSPS) is 12.5. The maximum atomic E-state index is 11.8. The maximum absolute atomic E-state index is 11.8. The number of thiazole rings is 1. The second kappa shape index (κ2) is 6.68. The first-order valence-corrected chi connectivity index (χ1v) is 6.35. The minimum absolute atomic E-state index is 0.259. The first-order chi connectivity index (χ1) is 8.08. The average Bonchev–Trinajstić information content (AvgIpc) is 2.68. The maximum Gasteiger partial charge on any atom is 0.350 e. The quantitative estimate of drug-likeness (QED) is 0.782. The SMILES string of the molecule is CCOCC(C)OC(=O)c1sc(CN)nc1C. The number of hydrogen-bond acceptors (Lipinski definition) is 6. The number of nitrogens with two attached hydrogens (primary N) is 1. The van der Waals surface area contributed by atoms with Gasteiger partial charge in [-0.3, -0.25) is 0 Å². The van der Waals surface area contributed by atoms with E-state index in [1.165, 1.54) is 11.3 Å². The average molecular weight is 258 g/mol. The number of nitrogens with zero attached hydrogens (tertiary/aromatic N) is 1. The highest BCUT2D eigenvalue weighted by Gasteiger charge is 2.18. The van der Waals surface area contributed by atoms with Gasteiger partial charge in [0.2, 0.25) is 0 Å². The smallest absolute Gasteiger partial charge is 0.350 e. The van der Waals surface area contributed by atoms with Gasteiger partial charge in [0, 0.05) is 13.2 Å². The zero-order chi connectivity index (χ0) is 12.8. The van der Waals surface area contributed by atoms with Crippen molar-refractivity contribution in [1.82, 2.24) is 4.98 Å². The van der Waals surface area contributed by atoms with Gasteiger partial charge >= 0.3 is 5.97 Å².